The second-order valence-corrected chi connectivity index (χ2v) is 3.08. The Morgan fingerprint density at radius 2 is 2.07 bits per heavy atom. The molecule has 72 valence electrons. The molecule has 0 aliphatic rings. The van der Waals surface area contributed by atoms with Crippen LogP contribution in [0, 0.1) is 5.82 Å². The first-order chi connectivity index (χ1) is 6.68. The molecule has 1 aromatic carbocycles. The summed E-state index contributed by atoms with van der Waals surface area (Å²) in [5, 5.41) is 0. The van der Waals surface area contributed by atoms with Gasteiger partial charge in [-0.15, -0.1) is 0 Å². The summed E-state index contributed by atoms with van der Waals surface area (Å²) in [5.41, 5.74) is 5.98. The minimum atomic E-state index is -0.291. The van der Waals surface area contributed by atoms with Crippen molar-refractivity contribution in [1.82, 2.24) is 9.55 Å². The molecule has 0 radical (unpaired) electrons. The second-order valence-electron chi connectivity index (χ2n) is 3.08. The van der Waals surface area contributed by atoms with Gasteiger partial charge in [-0.2, -0.15) is 0 Å². The first kappa shape index (κ1) is 8.74. The summed E-state index contributed by atoms with van der Waals surface area (Å²) in [6.07, 6.45) is 1.65. The van der Waals surface area contributed by atoms with Crippen LogP contribution in [-0.2, 0) is 7.05 Å². The van der Waals surface area contributed by atoms with E-state index in [0.29, 0.717) is 17.2 Å². The van der Waals surface area contributed by atoms with Gasteiger partial charge in [-0.05, 0) is 12.1 Å². The molecule has 0 aliphatic heterocycles. The van der Waals surface area contributed by atoms with Gasteiger partial charge in [0, 0.05) is 13.2 Å². The minimum absolute atomic E-state index is 0.291. The summed E-state index contributed by atoms with van der Waals surface area (Å²) in [7, 11) is 1.78. The third kappa shape index (κ3) is 1.35. The van der Waals surface area contributed by atoms with E-state index in [9.17, 15) is 4.39 Å². The standard InChI is InChI=1S/C10H10FN3/c1-14-6-9(12)13-10(14)7-4-2-3-5-8(7)11/h2-6H,12H2,1H3. The zero-order valence-electron chi connectivity index (χ0n) is 7.74. The van der Waals surface area contributed by atoms with E-state index < -0.39 is 0 Å². The summed E-state index contributed by atoms with van der Waals surface area (Å²) in [4.78, 5) is 4.04. The van der Waals surface area contributed by atoms with Crippen molar-refractivity contribution in [3.8, 4) is 11.4 Å². The van der Waals surface area contributed by atoms with Crippen molar-refractivity contribution < 1.29 is 4.39 Å². The largest absolute Gasteiger partial charge is 0.382 e. The molecule has 0 fully saturated rings. The Labute approximate surface area is 81.0 Å². The number of nitrogens with two attached hydrogens (primary N) is 1. The molecule has 0 unspecified atom stereocenters. The molecule has 0 bridgehead atoms. The molecule has 2 rings (SSSR count). The summed E-state index contributed by atoms with van der Waals surface area (Å²) >= 11 is 0. The van der Waals surface area contributed by atoms with Gasteiger partial charge in [-0.3, -0.25) is 0 Å². The Kier molecular flexibility index (Phi) is 1.96. The monoisotopic (exact) mass is 191 g/mol. The van der Waals surface area contributed by atoms with Crippen LogP contribution >= 0.6 is 0 Å². The number of benzene rings is 1. The summed E-state index contributed by atoms with van der Waals surface area (Å²) in [6.45, 7) is 0. The van der Waals surface area contributed by atoms with Crippen molar-refractivity contribution in [3.05, 3.63) is 36.3 Å². The van der Waals surface area contributed by atoms with Crippen LogP contribution in [0.15, 0.2) is 30.5 Å². The lowest BCUT2D eigenvalue weighted by molar-refractivity contribution is 0.629. The molecule has 0 spiro atoms. The zero-order chi connectivity index (χ0) is 10.1. The molecule has 1 heterocycles. The molecule has 4 heteroatoms. The average molecular weight is 191 g/mol. The normalized spacial score (nSPS) is 10.4. The first-order valence-corrected chi connectivity index (χ1v) is 4.22. The highest BCUT2D eigenvalue weighted by Crippen LogP contribution is 2.21. The van der Waals surface area contributed by atoms with Gasteiger partial charge in [0.2, 0.25) is 0 Å². The van der Waals surface area contributed by atoms with Gasteiger partial charge in [-0.25, -0.2) is 9.37 Å². The number of rotatable bonds is 1. The molecule has 2 N–H and O–H groups in total. The van der Waals surface area contributed by atoms with Gasteiger partial charge in [0.15, 0.2) is 0 Å². The predicted octanol–water partition coefficient (Wildman–Crippen LogP) is 1.81. The van der Waals surface area contributed by atoms with Crippen molar-refractivity contribution >= 4 is 5.82 Å². The predicted molar refractivity (Wildman–Crippen MR) is 53.0 cm³/mol. The number of aromatic nitrogens is 2. The number of halogens is 1. The lowest BCUT2D eigenvalue weighted by Gasteiger charge is -2.01. The van der Waals surface area contributed by atoms with Crippen molar-refractivity contribution in [3.63, 3.8) is 0 Å². The molecule has 0 atom stereocenters. The van der Waals surface area contributed by atoms with Gasteiger partial charge in [-0.1, -0.05) is 12.1 Å². The fourth-order valence-electron chi connectivity index (χ4n) is 1.38. The van der Waals surface area contributed by atoms with Crippen LogP contribution in [0.4, 0.5) is 10.2 Å². The molecular formula is C10H10FN3. The summed E-state index contributed by atoms with van der Waals surface area (Å²) in [6, 6.07) is 6.49. The van der Waals surface area contributed by atoms with Crippen LogP contribution in [0.1, 0.15) is 0 Å². The number of nitrogen functional groups attached to an aromatic ring is 1. The van der Waals surface area contributed by atoms with Crippen molar-refractivity contribution in [2.75, 3.05) is 5.73 Å². The topological polar surface area (TPSA) is 43.8 Å². The maximum atomic E-state index is 13.4. The van der Waals surface area contributed by atoms with E-state index in [1.807, 2.05) is 0 Å². The average Bonchev–Trinajstić information content (AvgIpc) is 2.46. The smallest absolute Gasteiger partial charge is 0.145 e. The van der Waals surface area contributed by atoms with Crippen LogP contribution in [0.3, 0.4) is 0 Å². The van der Waals surface area contributed by atoms with Gasteiger partial charge in [0.25, 0.3) is 0 Å². The van der Waals surface area contributed by atoms with Crippen molar-refractivity contribution in [1.29, 1.82) is 0 Å². The number of anilines is 1. The van der Waals surface area contributed by atoms with E-state index >= 15 is 0 Å². The Bertz CT molecular complexity index is 462. The molecule has 0 saturated heterocycles. The molecule has 0 saturated carbocycles. The first-order valence-electron chi connectivity index (χ1n) is 4.22. The molecule has 0 aliphatic carbocycles. The van der Waals surface area contributed by atoms with Gasteiger partial charge >= 0.3 is 0 Å². The van der Waals surface area contributed by atoms with E-state index in [0.717, 1.165) is 0 Å². The van der Waals surface area contributed by atoms with Gasteiger partial charge in [0.05, 0.1) is 5.56 Å². The molecule has 0 amide bonds. The Morgan fingerprint density at radius 1 is 1.36 bits per heavy atom. The summed E-state index contributed by atoms with van der Waals surface area (Å²) in [5.74, 6) is 0.646. The van der Waals surface area contributed by atoms with Crippen molar-refractivity contribution in [2.45, 2.75) is 0 Å². The number of imidazole rings is 1. The van der Waals surface area contributed by atoms with E-state index in [2.05, 4.69) is 4.98 Å². The van der Waals surface area contributed by atoms with E-state index in [-0.39, 0.29) is 5.82 Å². The van der Waals surface area contributed by atoms with E-state index in [4.69, 9.17) is 5.73 Å². The van der Waals surface area contributed by atoms with E-state index in [1.165, 1.54) is 6.07 Å². The van der Waals surface area contributed by atoms with Crippen LogP contribution in [0.2, 0.25) is 0 Å². The van der Waals surface area contributed by atoms with Crippen LogP contribution < -0.4 is 5.73 Å². The number of hydrogen-bond acceptors (Lipinski definition) is 2. The fraction of sp³-hybridized carbons (Fsp3) is 0.100. The fourth-order valence-corrected chi connectivity index (χ4v) is 1.38. The van der Waals surface area contributed by atoms with Crippen LogP contribution in [0.5, 0.6) is 0 Å². The highest BCUT2D eigenvalue weighted by atomic mass is 19.1. The molecular weight excluding hydrogens is 181 g/mol. The number of hydrogen-bond donors (Lipinski definition) is 1. The third-order valence-electron chi connectivity index (χ3n) is 2.01. The SMILES string of the molecule is Cn1cc(N)nc1-c1ccccc1F. The highest BCUT2D eigenvalue weighted by molar-refractivity contribution is 5.58. The zero-order valence-corrected chi connectivity index (χ0v) is 7.74. The maximum absolute atomic E-state index is 13.4. The molecule has 14 heavy (non-hydrogen) atoms. The third-order valence-corrected chi connectivity index (χ3v) is 2.01. The Morgan fingerprint density at radius 3 is 2.64 bits per heavy atom. The van der Waals surface area contributed by atoms with Crippen molar-refractivity contribution in [2.24, 2.45) is 7.05 Å². The second kappa shape index (κ2) is 3.14. The van der Waals surface area contributed by atoms with Crippen LogP contribution in [0.25, 0.3) is 11.4 Å². The number of aryl methyl sites for hydroxylation is 1. The van der Waals surface area contributed by atoms with Crippen LogP contribution in [-0.4, -0.2) is 9.55 Å². The number of nitrogens with zero attached hydrogens (tertiary/aromatic N) is 2. The maximum Gasteiger partial charge on any atom is 0.145 e. The van der Waals surface area contributed by atoms with E-state index in [1.54, 1.807) is 36.0 Å². The van der Waals surface area contributed by atoms with Gasteiger partial charge < -0.3 is 10.3 Å². The molecule has 1 aromatic heterocycles. The molecule has 2 aromatic rings. The molecule has 3 nitrogen and oxygen atoms in total. The quantitative estimate of drug-likeness (QED) is 0.747. The lowest BCUT2D eigenvalue weighted by Crippen LogP contribution is -1.93. The Balaban J connectivity index is 2.60. The highest BCUT2D eigenvalue weighted by Gasteiger charge is 2.09. The minimum Gasteiger partial charge on any atom is -0.382 e. The lowest BCUT2D eigenvalue weighted by atomic mass is 10.2. The Hall–Kier alpha value is -1.84. The summed E-state index contributed by atoms with van der Waals surface area (Å²) < 4.78 is 15.1. The van der Waals surface area contributed by atoms with Gasteiger partial charge in [0.1, 0.15) is 17.5 Å².